The van der Waals surface area contributed by atoms with Crippen LogP contribution in [0.3, 0.4) is 0 Å². The third kappa shape index (κ3) is 3.30. The minimum Gasteiger partial charge on any atom is -0.326 e. The molecule has 0 aliphatic rings. The quantitative estimate of drug-likeness (QED) is 0.785. The van der Waals surface area contributed by atoms with E-state index in [1.807, 2.05) is 26.0 Å². The van der Waals surface area contributed by atoms with E-state index in [2.05, 4.69) is 0 Å². The van der Waals surface area contributed by atoms with E-state index in [4.69, 9.17) is 5.73 Å². The maximum atomic E-state index is 13.6. The van der Waals surface area contributed by atoms with Gasteiger partial charge >= 0.3 is 6.18 Å². The van der Waals surface area contributed by atoms with Gasteiger partial charge in [0.25, 0.3) is 0 Å². The fraction of sp³-hybridized carbons (Fsp3) is 0.294. The second kappa shape index (κ2) is 6.08. The van der Waals surface area contributed by atoms with Crippen molar-refractivity contribution in [2.24, 2.45) is 5.73 Å². The van der Waals surface area contributed by atoms with Crippen LogP contribution < -0.4 is 5.73 Å². The van der Waals surface area contributed by atoms with Gasteiger partial charge in [0.2, 0.25) is 0 Å². The van der Waals surface area contributed by atoms with Crippen molar-refractivity contribution in [2.45, 2.75) is 32.5 Å². The highest BCUT2D eigenvalue weighted by Gasteiger charge is 2.35. The van der Waals surface area contributed by atoms with Gasteiger partial charge in [0.05, 0.1) is 5.56 Å². The fourth-order valence-corrected chi connectivity index (χ4v) is 2.32. The summed E-state index contributed by atoms with van der Waals surface area (Å²) in [5, 5.41) is 0. The van der Waals surface area contributed by atoms with E-state index >= 15 is 0 Å². The van der Waals surface area contributed by atoms with Gasteiger partial charge in [-0.15, -0.1) is 0 Å². The largest absolute Gasteiger partial charge is 0.419 e. The van der Waals surface area contributed by atoms with Crippen molar-refractivity contribution in [3.05, 3.63) is 58.9 Å². The van der Waals surface area contributed by atoms with Crippen LogP contribution >= 0.6 is 0 Å². The van der Waals surface area contributed by atoms with E-state index in [9.17, 15) is 17.6 Å². The maximum absolute atomic E-state index is 13.6. The molecule has 0 spiro atoms. The molecule has 0 aliphatic carbocycles. The summed E-state index contributed by atoms with van der Waals surface area (Å²) >= 11 is 0. The van der Waals surface area contributed by atoms with Crippen molar-refractivity contribution >= 4 is 0 Å². The van der Waals surface area contributed by atoms with Gasteiger partial charge in [0.1, 0.15) is 5.82 Å². The van der Waals surface area contributed by atoms with Gasteiger partial charge in [-0.25, -0.2) is 4.39 Å². The summed E-state index contributed by atoms with van der Waals surface area (Å²) in [5.41, 5.74) is 6.61. The molecule has 2 N–H and O–H groups in total. The van der Waals surface area contributed by atoms with Crippen molar-refractivity contribution in [1.82, 2.24) is 0 Å². The highest BCUT2D eigenvalue weighted by molar-refractivity contribution is 5.69. The van der Waals surface area contributed by atoms with Crippen LogP contribution in [-0.2, 0) is 12.7 Å². The summed E-state index contributed by atoms with van der Waals surface area (Å²) < 4.78 is 52.3. The van der Waals surface area contributed by atoms with Gasteiger partial charge in [-0.05, 0) is 40.3 Å². The van der Waals surface area contributed by atoms with Gasteiger partial charge in [0.15, 0.2) is 0 Å². The molecule has 0 saturated carbocycles. The zero-order valence-corrected chi connectivity index (χ0v) is 12.3. The Morgan fingerprint density at radius 1 is 1.05 bits per heavy atom. The Morgan fingerprint density at radius 3 is 2.09 bits per heavy atom. The lowest BCUT2D eigenvalue weighted by Gasteiger charge is -2.15. The smallest absolute Gasteiger partial charge is 0.326 e. The molecule has 0 amide bonds. The first-order valence-electron chi connectivity index (χ1n) is 6.94. The molecule has 5 heteroatoms. The number of benzene rings is 2. The molecule has 0 aromatic heterocycles. The zero-order valence-electron chi connectivity index (χ0n) is 12.3. The van der Waals surface area contributed by atoms with Crippen LogP contribution in [-0.4, -0.2) is 0 Å². The Kier molecular flexibility index (Phi) is 4.56. The Bertz CT molecular complexity index is 658. The third-order valence-electron chi connectivity index (χ3n) is 3.61. The van der Waals surface area contributed by atoms with Crippen LogP contribution in [0.5, 0.6) is 0 Å². The molecule has 0 unspecified atom stereocenters. The first kappa shape index (κ1) is 16.5. The van der Waals surface area contributed by atoms with Gasteiger partial charge in [-0.3, -0.25) is 0 Å². The lowest BCUT2D eigenvalue weighted by Crippen LogP contribution is -2.10. The normalized spacial score (nSPS) is 12.0. The first-order valence-corrected chi connectivity index (χ1v) is 6.94. The van der Waals surface area contributed by atoms with Crippen molar-refractivity contribution in [3.63, 3.8) is 0 Å². The van der Waals surface area contributed by atoms with Crippen molar-refractivity contribution in [2.75, 3.05) is 0 Å². The predicted molar refractivity (Wildman–Crippen MR) is 78.8 cm³/mol. The topological polar surface area (TPSA) is 26.0 Å². The highest BCUT2D eigenvalue weighted by Crippen LogP contribution is 2.36. The molecule has 2 aromatic rings. The number of hydrogen-bond donors (Lipinski definition) is 1. The highest BCUT2D eigenvalue weighted by atomic mass is 19.4. The summed E-state index contributed by atoms with van der Waals surface area (Å²) in [4.78, 5) is 0. The van der Waals surface area contributed by atoms with E-state index in [0.29, 0.717) is 22.6 Å². The lowest BCUT2D eigenvalue weighted by molar-refractivity contribution is -0.139. The lowest BCUT2D eigenvalue weighted by atomic mass is 9.94. The molecule has 2 rings (SSSR count). The van der Waals surface area contributed by atoms with Crippen LogP contribution in [0.2, 0.25) is 0 Å². The number of alkyl halides is 3. The summed E-state index contributed by atoms with van der Waals surface area (Å²) in [7, 11) is 0. The molecular weight excluding hydrogens is 294 g/mol. The molecule has 1 nitrogen and oxygen atoms in total. The van der Waals surface area contributed by atoms with Crippen molar-refractivity contribution < 1.29 is 17.6 Å². The summed E-state index contributed by atoms with van der Waals surface area (Å²) in [6.45, 7) is 4.02. The van der Waals surface area contributed by atoms with E-state index < -0.39 is 17.6 Å². The molecule has 0 aliphatic heterocycles. The molecule has 0 heterocycles. The summed E-state index contributed by atoms with van der Waals surface area (Å²) in [5.74, 6) is -0.975. The maximum Gasteiger partial charge on any atom is 0.419 e. The molecule has 0 bridgehead atoms. The summed E-state index contributed by atoms with van der Waals surface area (Å²) in [6.07, 6.45) is -4.73. The first-order chi connectivity index (χ1) is 10.2. The Balaban J connectivity index is 2.57. The molecule has 0 fully saturated rings. The van der Waals surface area contributed by atoms with Gasteiger partial charge in [-0.2, -0.15) is 13.2 Å². The van der Waals surface area contributed by atoms with E-state index in [0.717, 1.165) is 17.7 Å². The molecular formula is C17H17F4N. The van der Waals surface area contributed by atoms with Crippen LogP contribution in [0.1, 0.15) is 36.5 Å². The minimum atomic E-state index is -4.73. The number of hydrogen-bond acceptors (Lipinski definition) is 1. The predicted octanol–water partition coefficient (Wildman–Crippen LogP) is 5.09. The molecule has 0 atom stereocenters. The molecule has 2 aromatic carbocycles. The van der Waals surface area contributed by atoms with Crippen molar-refractivity contribution in [1.29, 1.82) is 0 Å². The molecule has 0 saturated heterocycles. The molecule has 22 heavy (non-hydrogen) atoms. The number of nitrogens with two attached hydrogens (primary N) is 1. The number of halogens is 4. The van der Waals surface area contributed by atoms with E-state index in [1.165, 1.54) is 0 Å². The monoisotopic (exact) mass is 311 g/mol. The SMILES string of the molecule is CC(C)c1ccc(-c2cc(C(F)(F)F)c(F)cc2CN)cc1. The Morgan fingerprint density at radius 2 is 1.64 bits per heavy atom. The average Bonchev–Trinajstić information content (AvgIpc) is 2.45. The van der Waals surface area contributed by atoms with Crippen LogP contribution in [0.25, 0.3) is 11.1 Å². The Labute approximate surface area is 126 Å². The molecule has 0 radical (unpaired) electrons. The van der Waals surface area contributed by atoms with Gasteiger partial charge in [-0.1, -0.05) is 38.1 Å². The second-order valence-corrected chi connectivity index (χ2v) is 5.47. The van der Waals surface area contributed by atoms with E-state index in [-0.39, 0.29) is 6.54 Å². The van der Waals surface area contributed by atoms with Gasteiger partial charge in [0, 0.05) is 6.54 Å². The average molecular weight is 311 g/mol. The third-order valence-corrected chi connectivity index (χ3v) is 3.61. The van der Waals surface area contributed by atoms with Crippen LogP contribution in [0.15, 0.2) is 36.4 Å². The van der Waals surface area contributed by atoms with Crippen LogP contribution in [0.4, 0.5) is 17.6 Å². The Hall–Kier alpha value is -1.88. The molecule has 118 valence electrons. The van der Waals surface area contributed by atoms with Crippen molar-refractivity contribution in [3.8, 4) is 11.1 Å². The number of rotatable bonds is 3. The van der Waals surface area contributed by atoms with Gasteiger partial charge < -0.3 is 5.73 Å². The minimum absolute atomic E-state index is 0.0314. The van der Waals surface area contributed by atoms with E-state index in [1.54, 1.807) is 12.1 Å². The summed E-state index contributed by atoms with van der Waals surface area (Å²) in [6, 6.07) is 8.90. The van der Waals surface area contributed by atoms with Crippen LogP contribution in [0, 0.1) is 5.82 Å². The zero-order chi connectivity index (χ0) is 16.5. The second-order valence-electron chi connectivity index (χ2n) is 5.47. The standard InChI is InChI=1S/C17H17F4N/c1-10(2)11-3-5-12(6-4-11)14-8-15(17(19,20)21)16(18)7-13(14)9-22/h3-8,10H,9,22H2,1-2H3. The fourth-order valence-electron chi connectivity index (χ4n) is 2.32.